The van der Waals surface area contributed by atoms with E-state index in [2.05, 4.69) is 15.1 Å². The lowest BCUT2D eigenvalue weighted by Gasteiger charge is -2.30. The van der Waals surface area contributed by atoms with Gasteiger partial charge in [-0.1, -0.05) is 24.3 Å². The second-order valence-electron chi connectivity index (χ2n) is 8.59. The lowest BCUT2D eigenvalue weighted by molar-refractivity contribution is 0.0941. The number of rotatable bonds is 3. The average molecular weight is 399 g/mol. The van der Waals surface area contributed by atoms with Gasteiger partial charge in [0.1, 0.15) is 5.82 Å². The molecule has 2 fully saturated rings. The molecule has 0 saturated heterocycles. The molecule has 150 valence electrons. The van der Waals surface area contributed by atoms with E-state index in [9.17, 15) is 9.18 Å². The van der Waals surface area contributed by atoms with Crippen LogP contribution in [0.1, 0.15) is 53.9 Å². The van der Waals surface area contributed by atoms with Crippen molar-refractivity contribution in [3.8, 4) is 0 Å². The summed E-state index contributed by atoms with van der Waals surface area (Å²) in [7, 11) is 0. The standard InChI is InChI=1S/C25H22FN3O/c1-27-19-5-2-17(3-6-19)24(30)29-23-15-25(23)11-8-16(9-12-25)20-10-13-28-22-7-4-18(26)14-21(20)22/h2-7,10,13-14,16,23H,8-9,11-12,15H2,(H,29,30)/t16?,23-,25?/m0/s1. The van der Waals surface area contributed by atoms with Gasteiger partial charge in [0.25, 0.3) is 5.91 Å². The van der Waals surface area contributed by atoms with Crippen molar-refractivity contribution in [2.45, 2.75) is 44.1 Å². The Balaban J connectivity index is 1.24. The third-order valence-electron chi connectivity index (χ3n) is 6.91. The highest BCUT2D eigenvalue weighted by atomic mass is 19.1. The van der Waals surface area contributed by atoms with Crippen LogP contribution < -0.4 is 5.32 Å². The molecule has 3 aromatic rings. The number of amides is 1. The average Bonchev–Trinajstić information content (AvgIpc) is 3.44. The van der Waals surface area contributed by atoms with Crippen LogP contribution >= 0.6 is 0 Å². The fourth-order valence-electron chi connectivity index (χ4n) is 5.03. The van der Waals surface area contributed by atoms with Gasteiger partial charge >= 0.3 is 0 Å². The third kappa shape index (κ3) is 3.33. The van der Waals surface area contributed by atoms with Crippen LogP contribution in [0.25, 0.3) is 15.7 Å². The predicted octanol–water partition coefficient (Wildman–Crippen LogP) is 5.77. The molecule has 5 rings (SSSR count). The molecule has 1 atom stereocenters. The van der Waals surface area contributed by atoms with E-state index in [1.165, 1.54) is 11.6 Å². The normalized spacial score (nSPS) is 25.1. The summed E-state index contributed by atoms with van der Waals surface area (Å²) in [4.78, 5) is 20.3. The Kier molecular flexibility index (Phi) is 4.51. The van der Waals surface area contributed by atoms with Crippen LogP contribution in [0.5, 0.6) is 0 Å². The van der Waals surface area contributed by atoms with Gasteiger partial charge in [-0.2, -0.15) is 0 Å². The van der Waals surface area contributed by atoms with E-state index in [1.807, 2.05) is 12.3 Å². The first kappa shape index (κ1) is 18.7. The van der Waals surface area contributed by atoms with Crippen LogP contribution in [0.15, 0.2) is 54.7 Å². The van der Waals surface area contributed by atoms with E-state index < -0.39 is 0 Å². The maximum atomic E-state index is 13.8. The number of pyridine rings is 1. The largest absolute Gasteiger partial charge is 0.349 e. The van der Waals surface area contributed by atoms with Crippen molar-refractivity contribution in [3.05, 3.63) is 83.1 Å². The Morgan fingerprint density at radius 2 is 1.90 bits per heavy atom. The Morgan fingerprint density at radius 3 is 2.63 bits per heavy atom. The lowest BCUT2D eigenvalue weighted by atomic mass is 9.75. The van der Waals surface area contributed by atoms with Gasteiger partial charge in [-0.05, 0) is 73.3 Å². The Hall–Kier alpha value is -3.26. The van der Waals surface area contributed by atoms with Crippen LogP contribution in [-0.4, -0.2) is 16.9 Å². The van der Waals surface area contributed by atoms with Gasteiger partial charge in [-0.15, -0.1) is 0 Å². The van der Waals surface area contributed by atoms with Crippen molar-refractivity contribution in [1.29, 1.82) is 0 Å². The quantitative estimate of drug-likeness (QED) is 0.568. The van der Waals surface area contributed by atoms with Gasteiger partial charge in [0.2, 0.25) is 0 Å². The van der Waals surface area contributed by atoms with Crippen molar-refractivity contribution in [2.75, 3.05) is 0 Å². The summed E-state index contributed by atoms with van der Waals surface area (Å²) in [5.74, 6) is 0.116. The summed E-state index contributed by atoms with van der Waals surface area (Å²) < 4.78 is 13.8. The number of halogens is 1. The smallest absolute Gasteiger partial charge is 0.251 e. The van der Waals surface area contributed by atoms with Gasteiger partial charge in [0.15, 0.2) is 5.69 Å². The molecule has 0 radical (unpaired) electrons. The van der Waals surface area contributed by atoms with Crippen molar-refractivity contribution in [2.24, 2.45) is 5.41 Å². The predicted molar refractivity (Wildman–Crippen MR) is 114 cm³/mol. The monoisotopic (exact) mass is 399 g/mol. The number of nitrogens with zero attached hydrogens (tertiary/aromatic N) is 2. The fourth-order valence-corrected chi connectivity index (χ4v) is 5.03. The first-order chi connectivity index (χ1) is 14.6. The summed E-state index contributed by atoms with van der Waals surface area (Å²) >= 11 is 0. The molecule has 1 spiro atoms. The molecule has 0 aliphatic heterocycles. The molecule has 1 aromatic heterocycles. The lowest BCUT2D eigenvalue weighted by Crippen LogP contribution is -2.31. The third-order valence-corrected chi connectivity index (χ3v) is 6.91. The van der Waals surface area contributed by atoms with E-state index in [0.717, 1.165) is 43.0 Å². The summed E-state index contributed by atoms with van der Waals surface area (Å²) in [6, 6.07) is 13.8. The van der Waals surface area contributed by atoms with Crippen molar-refractivity contribution < 1.29 is 9.18 Å². The minimum Gasteiger partial charge on any atom is -0.349 e. The van der Waals surface area contributed by atoms with E-state index in [-0.39, 0.29) is 23.2 Å². The highest BCUT2D eigenvalue weighted by Gasteiger charge is 2.55. The van der Waals surface area contributed by atoms with Crippen LogP contribution in [-0.2, 0) is 0 Å². The summed E-state index contributed by atoms with van der Waals surface area (Å²) in [6.45, 7) is 7.01. The number of hydrogen-bond acceptors (Lipinski definition) is 2. The topological polar surface area (TPSA) is 46.4 Å². The zero-order chi connectivity index (χ0) is 20.7. The summed E-state index contributed by atoms with van der Waals surface area (Å²) in [5, 5.41) is 4.10. The highest BCUT2D eigenvalue weighted by molar-refractivity contribution is 5.95. The minimum atomic E-state index is -0.224. The molecule has 2 aliphatic rings. The van der Waals surface area contributed by atoms with Crippen LogP contribution in [0, 0.1) is 17.8 Å². The molecule has 1 amide bonds. The molecule has 4 nitrogen and oxygen atoms in total. The zero-order valence-corrected chi connectivity index (χ0v) is 16.6. The molecule has 2 aromatic carbocycles. The SMILES string of the molecule is [C-]#[N+]c1ccc(C(=O)N[C@H]2CC23CCC(c2ccnc4ccc(F)cc24)CC3)cc1. The second kappa shape index (κ2) is 7.21. The molecule has 30 heavy (non-hydrogen) atoms. The molecular formula is C25H22FN3O. The Bertz CT molecular complexity index is 1160. The second-order valence-corrected chi connectivity index (χ2v) is 8.59. The number of benzene rings is 2. The van der Waals surface area contributed by atoms with E-state index >= 15 is 0 Å². The Labute approximate surface area is 175 Å². The fraction of sp³-hybridized carbons (Fsp3) is 0.320. The molecule has 0 unspecified atom stereocenters. The van der Waals surface area contributed by atoms with Crippen LogP contribution in [0.2, 0.25) is 0 Å². The summed E-state index contributed by atoms with van der Waals surface area (Å²) in [5.41, 5.74) is 3.38. The number of nitrogens with one attached hydrogen (secondary N) is 1. The number of fused-ring (bicyclic) bond motifs is 1. The van der Waals surface area contributed by atoms with Gasteiger partial charge < -0.3 is 5.32 Å². The Morgan fingerprint density at radius 1 is 1.13 bits per heavy atom. The van der Waals surface area contributed by atoms with Crippen molar-refractivity contribution >= 4 is 22.5 Å². The first-order valence-electron chi connectivity index (χ1n) is 10.4. The van der Waals surface area contributed by atoms with E-state index in [1.54, 1.807) is 36.4 Å². The number of carbonyl (C=O) groups is 1. The molecule has 1 N–H and O–H groups in total. The first-order valence-corrected chi connectivity index (χ1v) is 10.4. The molecule has 5 heteroatoms. The molecule has 2 aliphatic carbocycles. The summed E-state index contributed by atoms with van der Waals surface area (Å²) in [6.07, 6.45) is 7.07. The molecule has 2 saturated carbocycles. The van der Waals surface area contributed by atoms with E-state index in [4.69, 9.17) is 6.57 Å². The zero-order valence-electron chi connectivity index (χ0n) is 16.6. The number of carbonyl (C=O) groups excluding carboxylic acids is 1. The maximum Gasteiger partial charge on any atom is 0.251 e. The van der Waals surface area contributed by atoms with Gasteiger partial charge in [-0.3, -0.25) is 9.78 Å². The number of hydrogen-bond donors (Lipinski definition) is 1. The van der Waals surface area contributed by atoms with Crippen molar-refractivity contribution in [3.63, 3.8) is 0 Å². The molecule has 1 heterocycles. The number of aromatic nitrogens is 1. The minimum absolute atomic E-state index is 0.0638. The molecular weight excluding hydrogens is 377 g/mol. The van der Waals surface area contributed by atoms with E-state index in [0.29, 0.717) is 17.2 Å². The highest BCUT2D eigenvalue weighted by Crippen LogP contribution is 2.59. The van der Waals surface area contributed by atoms with Gasteiger partial charge in [0.05, 0.1) is 12.1 Å². The van der Waals surface area contributed by atoms with Gasteiger partial charge in [-0.25, -0.2) is 9.24 Å². The van der Waals surface area contributed by atoms with Gasteiger partial charge in [0, 0.05) is 23.2 Å². The van der Waals surface area contributed by atoms with Crippen LogP contribution in [0.3, 0.4) is 0 Å². The van der Waals surface area contributed by atoms with Crippen molar-refractivity contribution in [1.82, 2.24) is 10.3 Å². The van der Waals surface area contributed by atoms with Crippen LogP contribution in [0.4, 0.5) is 10.1 Å². The molecule has 0 bridgehead atoms. The maximum absolute atomic E-state index is 13.8.